The van der Waals surface area contributed by atoms with Gasteiger partial charge in [-0.25, -0.2) is 0 Å². The maximum Gasteiger partial charge on any atom is 0.191 e. The van der Waals surface area contributed by atoms with Crippen LogP contribution in [-0.2, 0) is 4.74 Å². The second-order valence-corrected chi connectivity index (χ2v) is 4.04. The van der Waals surface area contributed by atoms with E-state index in [1.807, 2.05) is 6.92 Å². The first-order valence-electron chi connectivity index (χ1n) is 6.45. The summed E-state index contributed by atoms with van der Waals surface area (Å²) in [5.41, 5.74) is 0. The van der Waals surface area contributed by atoms with Crippen LogP contribution in [0.25, 0.3) is 0 Å². The third kappa shape index (κ3) is 14.0. The number of hydrogen-bond donors (Lipinski definition) is 2. The van der Waals surface area contributed by atoms with E-state index in [1.54, 1.807) is 0 Å². The first-order valence-corrected chi connectivity index (χ1v) is 6.45. The van der Waals surface area contributed by atoms with Gasteiger partial charge in [0.25, 0.3) is 0 Å². The number of guanidine groups is 1. The number of nitrogens with zero attached hydrogens (tertiary/aromatic N) is 2. The number of hydrogen-bond acceptors (Lipinski definition) is 3. The minimum atomic E-state index is 0. The second-order valence-electron chi connectivity index (χ2n) is 4.04. The highest BCUT2D eigenvalue weighted by Gasteiger charge is 1.96. The summed E-state index contributed by atoms with van der Waals surface area (Å²) >= 11 is 0. The van der Waals surface area contributed by atoms with E-state index in [2.05, 4.69) is 41.5 Å². The lowest BCUT2D eigenvalue weighted by Gasteiger charge is -2.12. The summed E-state index contributed by atoms with van der Waals surface area (Å²) < 4.78 is 5.27. The smallest absolute Gasteiger partial charge is 0.191 e. The number of halogens is 1. The fraction of sp³-hybridized carbons (Fsp3) is 0.917. The molecule has 6 heteroatoms. The number of rotatable bonds is 9. The molecule has 18 heavy (non-hydrogen) atoms. The van der Waals surface area contributed by atoms with Gasteiger partial charge in [0.1, 0.15) is 0 Å². The normalized spacial score (nSPS) is 11.3. The van der Waals surface area contributed by atoms with Crippen molar-refractivity contribution >= 4 is 29.9 Å². The van der Waals surface area contributed by atoms with Crippen molar-refractivity contribution in [3.8, 4) is 0 Å². The molecule has 0 aliphatic rings. The molecule has 0 saturated heterocycles. The highest BCUT2D eigenvalue weighted by Crippen LogP contribution is 1.85. The average Bonchev–Trinajstić information content (AvgIpc) is 2.29. The molecule has 0 spiro atoms. The minimum Gasteiger partial charge on any atom is -0.380 e. The molecule has 0 unspecified atom stereocenters. The van der Waals surface area contributed by atoms with Gasteiger partial charge in [0, 0.05) is 26.2 Å². The van der Waals surface area contributed by atoms with Crippen molar-refractivity contribution in [1.82, 2.24) is 15.5 Å². The summed E-state index contributed by atoms with van der Waals surface area (Å²) in [6.07, 6.45) is 1.08. The van der Waals surface area contributed by atoms with Crippen molar-refractivity contribution < 1.29 is 4.74 Å². The Hall–Kier alpha value is -0.0800. The van der Waals surface area contributed by atoms with Crippen LogP contribution in [0.4, 0.5) is 0 Å². The minimum absolute atomic E-state index is 0. The van der Waals surface area contributed by atoms with Crippen LogP contribution in [0.15, 0.2) is 4.99 Å². The Kier molecular flexibility index (Phi) is 16.8. The highest BCUT2D eigenvalue weighted by molar-refractivity contribution is 14.0. The first kappa shape index (κ1) is 20.2. The number of ether oxygens (including phenoxy) is 1. The van der Waals surface area contributed by atoms with Crippen molar-refractivity contribution in [1.29, 1.82) is 0 Å². The summed E-state index contributed by atoms with van der Waals surface area (Å²) in [6.45, 7) is 9.16. The number of nitrogens with one attached hydrogen (secondary N) is 2. The Morgan fingerprint density at radius 3 is 2.50 bits per heavy atom. The molecule has 0 aromatic carbocycles. The molecule has 5 nitrogen and oxygen atoms in total. The van der Waals surface area contributed by atoms with E-state index in [1.165, 1.54) is 0 Å². The van der Waals surface area contributed by atoms with Gasteiger partial charge in [0.05, 0.1) is 6.61 Å². The van der Waals surface area contributed by atoms with E-state index in [0.29, 0.717) is 0 Å². The Balaban J connectivity index is 0. The van der Waals surface area contributed by atoms with E-state index in [4.69, 9.17) is 4.74 Å². The van der Waals surface area contributed by atoms with Crippen LogP contribution < -0.4 is 10.6 Å². The summed E-state index contributed by atoms with van der Waals surface area (Å²) in [5, 5.41) is 6.46. The van der Waals surface area contributed by atoms with Gasteiger partial charge >= 0.3 is 0 Å². The zero-order valence-corrected chi connectivity index (χ0v) is 14.5. The third-order valence-corrected chi connectivity index (χ3v) is 2.12. The molecule has 0 fully saturated rings. The summed E-state index contributed by atoms with van der Waals surface area (Å²) in [6, 6.07) is 0. The van der Waals surface area contributed by atoms with Gasteiger partial charge in [0.15, 0.2) is 5.96 Å². The molecular weight excluding hydrogens is 343 g/mol. The summed E-state index contributed by atoms with van der Waals surface area (Å²) in [7, 11) is 4.16. The van der Waals surface area contributed by atoms with E-state index >= 15 is 0 Å². The molecule has 0 atom stereocenters. The summed E-state index contributed by atoms with van der Waals surface area (Å²) in [4.78, 5) is 6.67. The second kappa shape index (κ2) is 15.0. The maximum absolute atomic E-state index is 5.27. The summed E-state index contributed by atoms with van der Waals surface area (Å²) in [5.74, 6) is 0.881. The van der Waals surface area contributed by atoms with Crippen LogP contribution in [0.3, 0.4) is 0 Å². The van der Waals surface area contributed by atoms with E-state index < -0.39 is 0 Å². The predicted octanol–water partition coefficient (Wildman–Crippen LogP) is 1.15. The van der Waals surface area contributed by atoms with Crippen molar-refractivity contribution in [3.05, 3.63) is 0 Å². The van der Waals surface area contributed by atoms with Crippen LogP contribution >= 0.6 is 24.0 Å². The fourth-order valence-electron chi connectivity index (χ4n) is 1.31. The molecule has 0 aliphatic carbocycles. The molecule has 110 valence electrons. The average molecular weight is 372 g/mol. The standard InChI is InChI=1S/C12H28N4O.HI/c1-5-13-12(15-9-11-17-6-2)14-8-7-10-16(3)4;/h5-11H2,1-4H3,(H2,13,14,15);1H. The maximum atomic E-state index is 5.27. The van der Waals surface area contributed by atoms with Crippen molar-refractivity contribution in [2.45, 2.75) is 20.3 Å². The lowest BCUT2D eigenvalue weighted by atomic mass is 10.4. The van der Waals surface area contributed by atoms with Crippen LogP contribution in [0.2, 0.25) is 0 Å². The Bertz CT molecular complexity index is 201. The first-order chi connectivity index (χ1) is 8.20. The highest BCUT2D eigenvalue weighted by atomic mass is 127. The fourth-order valence-corrected chi connectivity index (χ4v) is 1.31. The molecule has 0 rings (SSSR count). The van der Waals surface area contributed by atoms with Crippen LogP contribution in [0.5, 0.6) is 0 Å². The van der Waals surface area contributed by atoms with Crippen molar-refractivity contribution in [2.24, 2.45) is 4.99 Å². The zero-order chi connectivity index (χ0) is 12.9. The quantitative estimate of drug-likeness (QED) is 0.276. The van der Waals surface area contributed by atoms with E-state index in [-0.39, 0.29) is 24.0 Å². The SMILES string of the molecule is CCNC(=NCCCN(C)C)NCCOCC.I. The molecule has 0 heterocycles. The van der Waals surface area contributed by atoms with Crippen LogP contribution in [0, 0.1) is 0 Å². The van der Waals surface area contributed by atoms with Crippen LogP contribution in [-0.4, -0.2) is 64.3 Å². The van der Waals surface area contributed by atoms with Gasteiger partial charge in [-0.2, -0.15) is 0 Å². The van der Waals surface area contributed by atoms with Gasteiger partial charge in [-0.05, 0) is 40.9 Å². The molecule has 0 aromatic heterocycles. The van der Waals surface area contributed by atoms with Gasteiger partial charge in [-0.3, -0.25) is 4.99 Å². The molecule has 0 aliphatic heterocycles. The third-order valence-electron chi connectivity index (χ3n) is 2.12. The molecule has 0 bridgehead atoms. The Morgan fingerprint density at radius 2 is 1.94 bits per heavy atom. The van der Waals surface area contributed by atoms with Gasteiger partial charge in [-0.15, -0.1) is 24.0 Å². The Labute approximate surface area is 129 Å². The monoisotopic (exact) mass is 372 g/mol. The predicted molar refractivity (Wildman–Crippen MR) is 89.1 cm³/mol. The van der Waals surface area contributed by atoms with Gasteiger partial charge < -0.3 is 20.3 Å². The van der Waals surface area contributed by atoms with E-state index in [9.17, 15) is 0 Å². The van der Waals surface area contributed by atoms with Gasteiger partial charge in [0.2, 0.25) is 0 Å². The zero-order valence-electron chi connectivity index (χ0n) is 12.2. The lowest BCUT2D eigenvalue weighted by Crippen LogP contribution is -2.39. The Morgan fingerprint density at radius 1 is 1.22 bits per heavy atom. The molecule has 0 amide bonds. The van der Waals surface area contributed by atoms with Crippen molar-refractivity contribution in [2.75, 3.05) is 53.5 Å². The molecular formula is C12H29IN4O. The topological polar surface area (TPSA) is 48.9 Å². The molecule has 0 radical (unpaired) electrons. The molecule has 0 saturated carbocycles. The van der Waals surface area contributed by atoms with Crippen molar-refractivity contribution in [3.63, 3.8) is 0 Å². The largest absolute Gasteiger partial charge is 0.380 e. The molecule has 2 N–H and O–H groups in total. The molecule has 0 aromatic rings. The lowest BCUT2D eigenvalue weighted by molar-refractivity contribution is 0.152. The number of aliphatic imine (C=N–C) groups is 1. The van der Waals surface area contributed by atoms with Gasteiger partial charge in [-0.1, -0.05) is 0 Å². The van der Waals surface area contributed by atoms with Crippen LogP contribution in [0.1, 0.15) is 20.3 Å². The van der Waals surface area contributed by atoms with E-state index in [0.717, 1.165) is 51.8 Å².